The Morgan fingerprint density at radius 3 is 2.52 bits per heavy atom. The van der Waals surface area contributed by atoms with Crippen LogP contribution in [0.15, 0.2) is 51.7 Å². The van der Waals surface area contributed by atoms with Gasteiger partial charge in [0.1, 0.15) is 11.3 Å². The second-order valence-electron chi connectivity index (χ2n) is 6.49. The van der Waals surface area contributed by atoms with E-state index in [4.69, 9.17) is 4.42 Å². The van der Waals surface area contributed by atoms with Gasteiger partial charge in [-0.25, -0.2) is 4.79 Å². The second-order valence-corrected chi connectivity index (χ2v) is 6.49. The van der Waals surface area contributed by atoms with Gasteiger partial charge in [0.25, 0.3) is 0 Å². The summed E-state index contributed by atoms with van der Waals surface area (Å²) in [5, 5.41) is 23.2. The molecule has 0 aliphatic heterocycles. The topological polar surface area (TPSA) is 99.8 Å². The highest BCUT2D eigenvalue weighted by Crippen LogP contribution is 2.28. The van der Waals surface area contributed by atoms with Gasteiger partial charge in [0, 0.05) is 17.5 Å². The highest BCUT2D eigenvalue weighted by Gasteiger charge is 2.17. The number of hydrogen-bond donors (Lipinski definition) is 3. The average Bonchev–Trinajstić information content (AvgIpc) is 2.67. The maximum absolute atomic E-state index is 12.3. The zero-order chi connectivity index (χ0) is 19.6. The van der Waals surface area contributed by atoms with Gasteiger partial charge in [0.2, 0.25) is 5.91 Å². The number of nitrogens with one attached hydrogen (secondary N) is 1. The van der Waals surface area contributed by atoms with Gasteiger partial charge in [-0.2, -0.15) is 0 Å². The Hall–Kier alpha value is -3.12. The minimum absolute atomic E-state index is 0.0467. The van der Waals surface area contributed by atoms with Crippen LogP contribution in [0.25, 0.3) is 11.0 Å². The summed E-state index contributed by atoms with van der Waals surface area (Å²) in [5.41, 5.74) is 1.81. The maximum Gasteiger partial charge on any atom is 0.340 e. The number of aryl methyl sites for hydroxylation is 2. The van der Waals surface area contributed by atoms with E-state index in [1.54, 1.807) is 32.0 Å². The first-order valence-corrected chi connectivity index (χ1v) is 8.63. The van der Waals surface area contributed by atoms with Crippen molar-refractivity contribution in [1.82, 2.24) is 5.32 Å². The molecule has 3 rings (SSSR count). The highest BCUT2D eigenvalue weighted by molar-refractivity contribution is 5.87. The van der Waals surface area contributed by atoms with Gasteiger partial charge in [-0.1, -0.05) is 30.3 Å². The summed E-state index contributed by atoms with van der Waals surface area (Å²) < 4.78 is 5.34. The normalized spacial score (nSPS) is 12.1. The van der Waals surface area contributed by atoms with Crippen LogP contribution in [-0.2, 0) is 11.2 Å². The molecular formula is C21H21NO5. The molecule has 1 aromatic heterocycles. The lowest BCUT2D eigenvalue weighted by Gasteiger charge is -2.13. The van der Waals surface area contributed by atoms with Gasteiger partial charge in [-0.05, 0) is 37.1 Å². The number of aliphatic hydroxyl groups is 1. The van der Waals surface area contributed by atoms with Crippen molar-refractivity contribution in [3.63, 3.8) is 0 Å². The van der Waals surface area contributed by atoms with Gasteiger partial charge < -0.3 is 19.9 Å². The number of rotatable bonds is 5. The number of aromatic hydroxyl groups is 1. The first kappa shape index (κ1) is 18.7. The van der Waals surface area contributed by atoms with Crippen molar-refractivity contribution in [1.29, 1.82) is 0 Å². The summed E-state index contributed by atoms with van der Waals surface area (Å²) in [5.74, 6) is -0.333. The molecule has 1 atom stereocenters. The Balaban J connectivity index is 1.77. The van der Waals surface area contributed by atoms with Crippen LogP contribution < -0.4 is 10.9 Å². The van der Waals surface area contributed by atoms with Crippen molar-refractivity contribution in [2.45, 2.75) is 26.4 Å². The monoisotopic (exact) mass is 367 g/mol. The van der Waals surface area contributed by atoms with Crippen LogP contribution in [0.2, 0.25) is 0 Å². The smallest absolute Gasteiger partial charge is 0.340 e. The zero-order valence-corrected chi connectivity index (χ0v) is 15.2. The van der Waals surface area contributed by atoms with E-state index in [1.807, 2.05) is 18.2 Å². The summed E-state index contributed by atoms with van der Waals surface area (Å²) in [7, 11) is 0. The van der Waals surface area contributed by atoms with E-state index in [0.717, 1.165) is 0 Å². The summed E-state index contributed by atoms with van der Waals surface area (Å²) in [6.07, 6.45) is -0.971. The molecule has 3 N–H and O–H groups in total. The molecule has 0 spiro atoms. The van der Waals surface area contributed by atoms with E-state index in [-0.39, 0.29) is 30.2 Å². The Bertz CT molecular complexity index is 1040. The lowest BCUT2D eigenvalue weighted by Crippen LogP contribution is -2.31. The Morgan fingerprint density at radius 1 is 1.11 bits per heavy atom. The van der Waals surface area contributed by atoms with Crippen LogP contribution in [0.4, 0.5) is 0 Å². The van der Waals surface area contributed by atoms with Crippen molar-refractivity contribution in [2.24, 2.45) is 0 Å². The van der Waals surface area contributed by atoms with E-state index < -0.39 is 11.7 Å². The quantitative estimate of drug-likeness (QED) is 0.602. The number of phenols is 1. The molecule has 0 bridgehead atoms. The van der Waals surface area contributed by atoms with Crippen LogP contribution in [-0.4, -0.2) is 22.7 Å². The molecule has 3 aromatic rings. The number of hydrogen-bond acceptors (Lipinski definition) is 5. The van der Waals surface area contributed by atoms with Crippen LogP contribution >= 0.6 is 0 Å². The SMILES string of the molecule is Cc1c(CC(=O)NC[C@H](O)c2ccccc2)c(=O)oc2c(C)c(O)ccc12. The highest BCUT2D eigenvalue weighted by atomic mass is 16.4. The molecular weight excluding hydrogens is 346 g/mol. The largest absolute Gasteiger partial charge is 0.508 e. The number of carbonyl (C=O) groups excluding carboxylic acids is 1. The summed E-state index contributed by atoms with van der Waals surface area (Å²) >= 11 is 0. The number of fused-ring (bicyclic) bond motifs is 1. The maximum atomic E-state index is 12.3. The summed E-state index contributed by atoms with van der Waals surface area (Å²) in [4.78, 5) is 24.6. The third-order valence-corrected chi connectivity index (χ3v) is 4.69. The lowest BCUT2D eigenvalue weighted by atomic mass is 10.0. The zero-order valence-electron chi connectivity index (χ0n) is 15.2. The van der Waals surface area contributed by atoms with Gasteiger partial charge in [0.15, 0.2) is 0 Å². The second kappa shape index (κ2) is 7.63. The molecule has 0 unspecified atom stereocenters. The van der Waals surface area contributed by atoms with Crippen LogP contribution in [0.3, 0.4) is 0 Å². The number of aliphatic hydroxyl groups excluding tert-OH is 1. The molecule has 0 aliphatic rings. The van der Waals surface area contributed by atoms with Gasteiger partial charge >= 0.3 is 5.63 Å². The van der Waals surface area contributed by atoms with Crippen LogP contribution in [0.5, 0.6) is 5.75 Å². The van der Waals surface area contributed by atoms with Gasteiger partial charge in [0.05, 0.1) is 18.1 Å². The van der Waals surface area contributed by atoms with Crippen molar-refractivity contribution in [2.75, 3.05) is 6.54 Å². The van der Waals surface area contributed by atoms with Crippen molar-refractivity contribution < 1.29 is 19.4 Å². The number of amides is 1. The molecule has 1 heterocycles. The fourth-order valence-electron chi connectivity index (χ4n) is 3.01. The molecule has 0 saturated carbocycles. The third-order valence-electron chi connectivity index (χ3n) is 4.69. The Kier molecular flexibility index (Phi) is 5.28. The fraction of sp³-hybridized carbons (Fsp3) is 0.238. The molecule has 140 valence electrons. The van der Waals surface area contributed by atoms with E-state index in [9.17, 15) is 19.8 Å². The Labute approximate surface area is 156 Å². The standard InChI is InChI=1S/C21H21NO5/c1-12-15-8-9-17(23)13(2)20(15)27-21(26)16(12)10-19(25)22-11-18(24)14-6-4-3-5-7-14/h3-9,18,23-24H,10-11H2,1-2H3,(H,22,25)/t18-/m0/s1. The first-order chi connectivity index (χ1) is 12.9. The molecule has 0 saturated heterocycles. The van der Waals surface area contributed by atoms with Crippen molar-refractivity contribution >= 4 is 16.9 Å². The molecule has 27 heavy (non-hydrogen) atoms. The molecule has 6 heteroatoms. The predicted molar refractivity (Wildman–Crippen MR) is 102 cm³/mol. The number of benzene rings is 2. The lowest BCUT2D eigenvalue weighted by molar-refractivity contribution is -0.120. The van der Waals surface area contributed by atoms with Gasteiger partial charge in [-0.3, -0.25) is 4.79 Å². The number of carbonyl (C=O) groups is 1. The molecule has 1 amide bonds. The average molecular weight is 367 g/mol. The van der Waals surface area contributed by atoms with Crippen LogP contribution in [0, 0.1) is 13.8 Å². The minimum atomic E-state index is -0.824. The van der Waals surface area contributed by atoms with Crippen molar-refractivity contribution in [3.05, 3.63) is 75.1 Å². The summed E-state index contributed by atoms with van der Waals surface area (Å²) in [6.45, 7) is 3.46. The minimum Gasteiger partial charge on any atom is -0.508 e. The van der Waals surface area contributed by atoms with E-state index in [0.29, 0.717) is 27.7 Å². The van der Waals surface area contributed by atoms with E-state index in [2.05, 4.69) is 5.32 Å². The third kappa shape index (κ3) is 3.85. The van der Waals surface area contributed by atoms with Gasteiger partial charge in [-0.15, -0.1) is 0 Å². The van der Waals surface area contributed by atoms with E-state index in [1.165, 1.54) is 6.07 Å². The van der Waals surface area contributed by atoms with E-state index >= 15 is 0 Å². The fourth-order valence-corrected chi connectivity index (χ4v) is 3.01. The van der Waals surface area contributed by atoms with Crippen molar-refractivity contribution in [3.8, 4) is 5.75 Å². The first-order valence-electron chi connectivity index (χ1n) is 8.63. The summed E-state index contributed by atoms with van der Waals surface area (Å²) in [6, 6.07) is 12.2. The molecule has 2 aromatic carbocycles. The number of phenolic OH excluding ortho intramolecular Hbond substituents is 1. The Morgan fingerprint density at radius 2 is 1.81 bits per heavy atom. The molecule has 0 fully saturated rings. The predicted octanol–water partition coefficient (Wildman–Crippen LogP) is 2.51. The molecule has 6 nitrogen and oxygen atoms in total. The molecule has 0 aliphatic carbocycles. The molecule has 0 radical (unpaired) electrons. The van der Waals surface area contributed by atoms with Crippen LogP contribution in [0.1, 0.15) is 28.4 Å².